The van der Waals surface area contributed by atoms with Gasteiger partial charge in [0.15, 0.2) is 0 Å². The average molecular weight is 366 g/mol. The van der Waals surface area contributed by atoms with Crippen LogP contribution < -0.4 is 5.32 Å². The fourth-order valence-corrected chi connectivity index (χ4v) is 3.82. The fraction of sp³-hybridized carbons (Fsp3) is 0.737. The molecule has 0 aromatic rings. The van der Waals surface area contributed by atoms with Crippen molar-refractivity contribution in [2.24, 2.45) is 15.8 Å². The van der Waals surface area contributed by atoms with Crippen LogP contribution in [0.3, 0.4) is 0 Å². The zero-order valence-corrected chi connectivity index (χ0v) is 16.0. The maximum Gasteiger partial charge on any atom is 0.407 e. The minimum absolute atomic E-state index is 0.0481. The van der Waals surface area contributed by atoms with Crippen molar-refractivity contribution in [2.75, 3.05) is 19.8 Å². The van der Waals surface area contributed by atoms with E-state index in [1.807, 2.05) is 0 Å². The average Bonchev–Trinajstić information content (AvgIpc) is 2.54. The summed E-state index contributed by atoms with van der Waals surface area (Å²) in [5, 5.41) is 2.81. The standard InChI is InChI=1S/C19H30N2O5/c1-5-16(23)25-8-6-7-9-26-17(24)20-13-19(4)11-15(21-14-22)10-18(2,3)12-19/h5,15H,1,6-13H2,2-4H3,(H,20,24). The summed E-state index contributed by atoms with van der Waals surface area (Å²) in [6.45, 7) is 10.7. The normalized spacial score (nSPS) is 24.0. The minimum Gasteiger partial charge on any atom is -0.463 e. The van der Waals surface area contributed by atoms with Crippen LogP contribution in [0, 0.1) is 10.8 Å². The van der Waals surface area contributed by atoms with E-state index >= 15 is 0 Å². The van der Waals surface area contributed by atoms with Gasteiger partial charge in [-0.1, -0.05) is 27.4 Å². The molecule has 0 aliphatic heterocycles. The maximum atomic E-state index is 11.9. The molecule has 146 valence electrons. The first-order valence-electron chi connectivity index (χ1n) is 8.96. The molecule has 1 N–H and O–H groups in total. The molecule has 1 fully saturated rings. The van der Waals surface area contributed by atoms with Crippen LogP contribution in [0.1, 0.15) is 52.9 Å². The molecule has 0 spiro atoms. The van der Waals surface area contributed by atoms with E-state index < -0.39 is 12.1 Å². The van der Waals surface area contributed by atoms with Crippen molar-refractivity contribution < 1.29 is 23.9 Å². The molecule has 1 amide bonds. The lowest BCUT2D eigenvalue weighted by Crippen LogP contribution is -2.44. The van der Waals surface area contributed by atoms with Gasteiger partial charge in [-0.15, -0.1) is 0 Å². The molecule has 7 nitrogen and oxygen atoms in total. The van der Waals surface area contributed by atoms with Crippen molar-refractivity contribution in [2.45, 2.75) is 58.9 Å². The Morgan fingerprint density at radius 1 is 1.23 bits per heavy atom. The number of aliphatic imine (C=N–C) groups is 1. The molecular weight excluding hydrogens is 336 g/mol. The van der Waals surface area contributed by atoms with Crippen molar-refractivity contribution in [1.82, 2.24) is 5.32 Å². The molecule has 1 saturated carbocycles. The lowest BCUT2D eigenvalue weighted by Gasteiger charge is -2.45. The van der Waals surface area contributed by atoms with Gasteiger partial charge in [-0.05, 0) is 42.9 Å². The highest BCUT2D eigenvalue weighted by Gasteiger charge is 2.41. The quantitative estimate of drug-likeness (QED) is 0.222. The Hall–Kier alpha value is -2.14. The van der Waals surface area contributed by atoms with Gasteiger partial charge in [0.2, 0.25) is 6.08 Å². The van der Waals surface area contributed by atoms with Gasteiger partial charge < -0.3 is 14.8 Å². The molecule has 0 heterocycles. The highest BCUT2D eigenvalue weighted by atomic mass is 16.5. The number of carbonyl (C=O) groups excluding carboxylic acids is 3. The van der Waals surface area contributed by atoms with Crippen molar-refractivity contribution in [1.29, 1.82) is 0 Å². The Morgan fingerprint density at radius 3 is 2.50 bits per heavy atom. The first-order chi connectivity index (χ1) is 12.2. The van der Waals surface area contributed by atoms with Gasteiger partial charge in [-0.3, -0.25) is 0 Å². The predicted octanol–water partition coefficient (Wildman–Crippen LogP) is 3.14. The van der Waals surface area contributed by atoms with E-state index in [4.69, 9.17) is 9.47 Å². The molecular formula is C19H30N2O5. The number of esters is 1. The van der Waals surface area contributed by atoms with Crippen LogP contribution in [0.25, 0.3) is 0 Å². The molecule has 2 atom stereocenters. The molecule has 1 rings (SSSR count). The number of carbonyl (C=O) groups is 2. The van der Waals surface area contributed by atoms with Crippen molar-refractivity contribution in [3.63, 3.8) is 0 Å². The third-order valence-electron chi connectivity index (χ3n) is 4.50. The number of nitrogens with one attached hydrogen (secondary N) is 1. The highest BCUT2D eigenvalue weighted by molar-refractivity contribution is 5.81. The molecule has 2 unspecified atom stereocenters. The summed E-state index contributed by atoms with van der Waals surface area (Å²) in [5.41, 5.74) is -0.100. The van der Waals surface area contributed by atoms with Crippen LogP contribution in [-0.4, -0.2) is 43.9 Å². The first-order valence-corrected chi connectivity index (χ1v) is 8.96. The Kier molecular flexibility index (Phi) is 8.52. The maximum absolute atomic E-state index is 11.9. The second-order valence-corrected chi connectivity index (χ2v) is 8.00. The number of alkyl carbamates (subject to hydrolysis) is 1. The Bertz CT molecular complexity index is 554. The smallest absolute Gasteiger partial charge is 0.407 e. The third-order valence-corrected chi connectivity index (χ3v) is 4.50. The number of nitrogens with zero attached hydrogens (tertiary/aromatic N) is 1. The molecule has 0 radical (unpaired) electrons. The summed E-state index contributed by atoms with van der Waals surface area (Å²) in [4.78, 5) is 37.2. The van der Waals surface area contributed by atoms with E-state index in [1.165, 1.54) is 0 Å². The van der Waals surface area contributed by atoms with E-state index in [1.54, 1.807) is 6.08 Å². The van der Waals surface area contributed by atoms with Gasteiger partial charge in [0.05, 0.1) is 19.3 Å². The topological polar surface area (TPSA) is 94.1 Å². The van der Waals surface area contributed by atoms with E-state index in [-0.39, 0.29) is 30.1 Å². The molecule has 0 aromatic heterocycles. The zero-order chi connectivity index (χ0) is 19.6. The van der Waals surface area contributed by atoms with Crippen LogP contribution >= 0.6 is 0 Å². The van der Waals surface area contributed by atoms with Crippen LogP contribution in [0.5, 0.6) is 0 Å². The van der Waals surface area contributed by atoms with Crippen molar-refractivity contribution >= 4 is 18.1 Å². The molecule has 0 saturated heterocycles. The Balaban J connectivity index is 2.31. The van der Waals surface area contributed by atoms with Crippen molar-refractivity contribution in [3.8, 4) is 0 Å². The molecule has 7 heteroatoms. The number of ether oxygens (including phenoxy) is 2. The van der Waals surface area contributed by atoms with Gasteiger partial charge in [-0.25, -0.2) is 19.4 Å². The number of amides is 1. The lowest BCUT2D eigenvalue weighted by molar-refractivity contribution is -0.137. The SMILES string of the molecule is C=CC(=O)OCCCCOC(=O)NCC1(C)CC(N=C=O)CC(C)(C)C1. The van der Waals surface area contributed by atoms with Crippen LogP contribution in [-0.2, 0) is 19.1 Å². The van der Waals surface area contributed by atoms with Gasteiger partial charge >= 0.3 is 12.1 Å². The summed E-state index contributed by atoms with van der Waals surface area (Å²) < 4.78 is 9.98. The van der Waals surface area contributed by atoms with E-state index in [9.17, 15) is 14.4 Å². The van der Waals surface area contributed by atoms with E-state index in [2.05, 4.69) is 37.7 Å². The lowest BCUT2D eigenvalue weighted by atomic mass is 9.63. The summed E-state index contributed by atoms with van der Waals surface area (Å²) in [6.07, 6.45) is 6.05. The summed E-state index contributed by atoms with van der Waals surface area (Å²) in [6, 6.07) is -0.0580. The molecule has 26 heavy (non-hydrogen) atoms. The second kappa shape index (κ2) is 10.1. The van der Waals surface area contributed by atoms with Gasteiger partial charge in [0.1, 0.15) is 0 Å². The Labute approximate surface area is 155 Å². The highest BCUT2D eigenvalue weighted by Crippen LogP contribution is 2.46. The third kappa shape index (κ3) is 8.30. The summed E-state index contributed by atoms with van der Waals surface area (Å²) in [5.74, 6) is -0.454. The minimum atomic E-state index is -0.465. The van der Waals surface area contributed by atoms with Gasteiger partial charge in [0, 0.05) is 12.6 Å². The van der Waals surface area contributed by atoms with E-state index in [0.29, 0.717) is 19.4 Å². The number of hydrogen-bond donors (Lipinski definition) is 1. The van der Waals surface area contributed by atoms with Crippen LogP contribution in [0.15, 0.2) is 17.6 Å². The summed E-state index contributed by atoms with van der Waals surface area (Å²) in [7, 11) is 0. The molecule has 0 aromatic carbocycles. The molecule has 1 aliphatic carbocycles. The fourth-order valence-electron chi connectivity index (χ4n) is 3.82. The zero-order valence-electron chi connectivity index (χ0n) is 16.0. The summed E-state index contributed by atoms with van der Waals surface area (Å²) >= 11 is 0. The molecule has 1 aliphatic rings. The predicted molar refractivity (Wildman–Crippen MR) is 97.4 cm³/mol. The van der Waals surface area contributed by atoms with Crippen LogP contribution in [0.4, 0.5) is 4.79 Å². The number of hydrogen-bond acceptors (Lipinski definition) is 6. The largest absolute Gasteiger partial charge is 0.463 e. The number of isocyanates is 1. The first kappa shape index (κ1) is 21.9. The van der Waals surface area contributed by atoms with E-state index in [0.717, 1.165) is 25.3 Å². The van der Waals surface area contributed by atoms with Gasteiger partial charge in [0.25, 0.3) is 0 Å². The Morgan fingerprint density at radius 2 is 1.88 bits per heavy atom. The number of unbranched alkanes of at least 4 members (excludes halogenated alkanes) is 1. The van der Waals surface area contributed by atoms with Crippen LogP contribution in [0.2, 0.25) is 0 Å². The van der Waals surface area contributed by atoms with Crippen molar-refractivity contribution in [3.05, 3.63) is 12.7 Å². The number of rotatable bonds is 9. The van der Waals surface area contributed by atoms with Gasteiger partial charge in [-0.2, -0.15) is 0 Å². The molecule has 0 bridgehead atoms. The monoisotopic (exact) mass is 366 g/mol. The second-order valence-electron chi connectivity index (χ2n) is 8.00.